The zero-order valence-electron chi connectivity index (χ0n) is 12.5. The number of nitrogens with zero attached hydrogens (tertiary/aromatic N) is 3. The molecule has 0 saturated carbocycles. The van der Waals surface area contributed by atoms with E-state index in [9.17, 15) is 8.78 Å². The van der Waals surface area contributed by atoms with Crippen LogP contribution in [0.3, 0.4) is 0 Å². The summed E-state index contributed by atoms with van der Waals surface area (Å²) in [4.78, 5) is 12.5. The number of hydrogen-bond acceptors (Lipinski definition) is 5. The second-order valence-electron chi connectivity index (χ2n) is 4.70. The van der Waals surface area contributed by atoms with E-state index in [-0.39, 0.29) is 5.88 Å². The molecule has 1 N–H and O–H groups in total. The van der Waals surface area contributed by atoms with E-state index in [2.05, 4.69) is 20.3 Å². The second-order valence-corrected chi connectivity index (χ2v) is 4.70. The fraction of sp³-hybridized carbons (Fsp3) is 0.400. The number of ether oxygens (including phenoxy) is 1. The van der Waals surface area contributed by atoms with Gasteiger partial charge in [-0.15, -0.1) is 0 Å². The molecule has 0 bridgehead atoms. The fourth-order valence-corrected chi connectivity index (χ4v) is 1.88. The molecule has 0 unspecified atom stereocenters. The average molecular weight is 308 g/mol. The van der Waals surface area contributed by atoms with Gasteiger partial charge >= 0.3 is 0 Å². The van der Waals surface area contributed by atoms with Crippen molar-refractivity contribution >= 4 is 5.82 Å². The van der Waals surface area contributed by atoms with Gasteiger partial charge in [0.25, 0.3) is 6.43 Å². The van der Waals surface area contributed by atoms with Gasteiger partial charge in [-0.3, -0.25) is 0 Å². The lowest BCUT2D eigenvalue weighted by molar-refractivity contribution is 0.0795. The van der Waals surface area contributed by atoms with Gasteiger partial charge in [0.1, 0.15) is 11.6 Å². The Morgan fingerprint density at radius 3 is 2.82 bits per heavy atom. The first-order valence-electron chi connectivity index (χ1n) is 7.01. The van der Waals surface area contributed by atoms with Crippen molar-refractivity contribution in [3.8, 4) is 5.88 Å². The third kappa shape index (κ3) is 4.91. The van der Waals surface area contributed by atoms with Gasteiger partial charge in [0.2, 0.25) is 5.88 Å². The quantitative estimate of drug-likeness (QED) is 0.852. The van der Waals surface area contributed by atoms with Crippen LogP contribution in [0.15, 0.2) is 24.4 Å². The van der Waals surface area contributed by atoms with E-state index >= 15 is 0 Å². The van der Waals surface area contributed by atoms with Crippen molar-refractivity contribution < 1.29 is 13.5 Å². The normalized spacial score (nSPS) is 10.8. The summed E-state index contributed by atoms with van der Waals surface area (Å²) in [6.45, 7) is 3.70. The summed E-state index contributed by atoms with van der Waals surface area (Å²) in [6.07, 6.45) is -0.153. The van der Waals surface area contributed by atoms with Crippen LogP contribution in [0.2, 0.25) is 0 Å². The van der Waals surface area contributed by atoms with Gasteiger partial charge in [-0.2, -0.15) is 0 Å². The molecule has 0 aliphatic carbocycles. The number of nitrogens with one attached hydrogen (secondary N) is 1. The van der Waals surface area contributed by atoms with E-state index in [1.165, 1.54) is 6.20 Å². The van der Waals surface area contributed by atoms with Crippen LogP contribution in [0.1, 0.15) is 24.0 Å². The Hall–Kier alpha value is -2.31. The highest BCUT2D eigenvalue weighted by Gasteiger charge is 2.06. The Morgan fingerprint density at radius 1 is 1.27 bits per heavy atom. The van der Waals surface area contributed by atoms with Crippen LogP contribution in [0.4, 0.5) is 14.6 Å². The third-order valence-electron chi connectivity index (χ3n) is 2.88. The molecule has 0 amide bonds. The van der Waals surface area contributed by atoms with Crippen molar-refractivity contribution in [2.75, 3.05) is 11.9 Å². The summed E-state index contributed by atoms with van der Waals surface area (Å²) in [5, 5.41) is 3.19. The molecule has 0 radical (unpaired) electrons. The minimum Gasteiger partial charge on any atom is -0.472 e. The van der Waals surface area contributed by atoms with Crippen LogP contribution in [-0.4, -0.2) is 28.0 Å². The molecule has 0 saturated heterocycles. The van der Waals surface area contributed by atoms with Gasteiger partial charge in [0.15, 0.2) is 6.61 Å². The highest BCUT2D eigenvalue weighted by molar-refractivity contribution is 5.37. The molecular weight excluding hydrogens is 290 g/mol. The van der Waals surface area contributed by atoms with Gasteiger partial charge in [0.05, 0.1) is 0 Å². The minimum absolute atomic E-state index is 0.188. The lowest BCUT2D eigenvalue weighted by Crippen LogP contribution is -2.09. The van der Waals surface area contributed by atoms with Crippen LogP contribution in [0.25, 0.3) is 0 Å². The Labute approximate surface area is 127 Å². The number of pyridine rings is 1. The Kier molecular flexibility index (Phi) is 5.57. The highest BCUT2D eigenvalue weighted by atomic mass is 19.3. The molecule has 0 aliphatic rings. The zero-order chi connectivity index (χ0) is 15.9. The van der Waals surface area contributed by atoms with Crippen molar-refractivity contribution in [3.05, 3.63) is 41.5 Å². The number of alkyl halides is 2. The van der Waals surface area contributed by atoms with Gasteiger partial charge in [0, 0.05) is 30.6 Å². The zero-order valence-corrected chi connectivity index (χ0v) is 12.5. The molecule has 0 aromatic carbocycles. The molecule has 0 aliphatic heterocycles. The van der Waals surface area contributed by atoms with Crippen molar-refractivity contribution in [1.29, 1.82) is 0 Å². The monoisotopic (exact) mass is 308 g/mol. The average Bonchev–Trinajstić information content (AvgIpc) is 2.51. The van der Waals surface area contributed by atoms with Crippen LogP contribution in [0.5, 0.6) is 5.88 Å². The van der Waals surface area contributed by atoms with Crippen LogP contribution >= 0.6 is 0 Å². The maximum absolute atomic E-state index is 12.1. The number of aromatic nitrogens is 3. The molecule has 7 heteroatoms. The summed E-state index contributed by atoms with van der Waals surface area (Å²) in [6, 6.07) is 5.31. The fourth-order valence-electron chi connectivity index (χ4n) is 1.88. The smallest absolute Gasteiger partial charge is 0.272 e. The minimum atomic E-state index is -2.51. The Bertz CT molecular complexity index is 622. The molecule has 0 spiro atoms. The van der Waals surface area contributed by atoms with Crippen molar-refractivity contribution in [1.82, 2.24) is 15.0 Å². The van der Waals surface area contributed by atoms with E-state index in [1.807, 2.05) is 19.9 Å². The maximum Gasteiger partial charge on any atom is 0.272 e. The lowest BCUT2D eigenvalue weighted by atomic mass is 10.2. The Balaban J connectivity index is 1.99. The largest absolute Gasteiger partial charge is 0.472 e. The number of halogens is 2. The van der Waals surface area contributed by atoms with E-state index in [0.29, 0.717) is 12.4 Å². The van der Waals surface area contributed by atoms with Crippen LogP contribution < -0.4 is 10.1 Å². The van der Waals surface area contributed by atoms with Crippen molar-refractivity contribution in [2.45, 2.75) is 33.2 Å². The molecule has 118 valence electrons. The standard InChI is InChI=1S/C15H18F2N4O/c1-3-12-7-14(21-10(2)20-12)19-8-11-4-5-18-15(6-11)22-9-13(16)17/h4-7,13H,3,8-9H2,1-2H3,(H,19,20,21). The predicted octanol–water partition coefficient (Wildman–Crippen LogP) is 3.00. The molecular formula is C15H18F2N4O. The molecule has 2 heterocycles. The maximum atomic E-state index is 12.1. The first-order chi connectivity index (χ1) is 10.6. The Morgan fingerprint density at radius 2 is 2.09 bits per heavy atom. The first-order valence-corrected chi connectivity index (χ1v) is 7.01. The van der Waals surface area contributed by atoms with Gasteiger partial charge in [-0.25, -0.2) is 23.7 Å². The molecule has 0 fully saturated rings. The number of aryl methyl sites for hydroxylation is 2. The summed E-state index contributed by atoms with van der Waals surface area (Å²) in [5.41, 5.74) is 1.83. The summed E-state index contributed by atoms with van der Waals surface area (Å²) in [7, 11) is 0. The highest BCUT2D eigenvalue weighted by Crippen LogP contribution is 2.13. The summed E-state index contributed by atoms with van der Waals surface area (Å²) < 4.78 is 29.1. The summed E-state index contributed by atoms with van der Waals surface area (Å²) >= 11 is 0. The number of anilines is 1. The second kappa shape index (κ2) is 7.63. The third-order valence-corrected chi connectivity index (χ3v) is 2.88. The van der Waals surface area contributed by atoms with Gasteiger partial charge in [-0.05, 0) is 25.0 Å². The van der Waals surface area contributed by atoms with E-state index in [1.54, 1.807) is 12.1 Å². The SMILES string of the molecule is CCc1cc(NCc2ccnc(OCC(F)F)c2)nc(C)n1. The van der Waals surface area contributed by atoms with E-state index < -0.39 is 13.0 Å². The molecule has 0 atom stereocenters. The molecule has 2 rings (SSSR count). The van der Waals surface area contributed by atoms with Crippen molar-refractivity contribution in [3.63, 3.8) is 0 Å². The number of rotatable bonds is 7. The van der Waals surface area contributed by atoms with Crippen molar-refractivity contribution in [2.24, 2.45) is 0 Å². The molecule has 5 nitrogen and oxygen atoms in total. The summed E-state index contributed by atoms with van der Waals surface area (Å²) in [5.74, 6) is 1.63. The van der Waals surface area contributed by atoms with E-state index in [4.69, 9.17) is 4.74 Å². The molecule has 22 heavy (non-hydrogen) atoms. The topological polar surface area (TPSA) is 59.9 Å². The van der Waals surface area contributed by atoms with Gasteiger partial charge < -0.3 is 10.1 Å². The molecule has 2 aromatic rings. The number of hydrogen-bond donors (Lipinski definition) is 1. The van der Waals surface area contributed by atoms with Gasteiger partial charge in [-0.1, -0.05) is 6.92 Å². The predicted molar refractivity (Wildman–Crippen MR) is 79.2 cm³/mol. The van der Waals surface area contributed by atoms with E-state index in [0.717, 1.165) is 23.5 Å². The molecule has 2 aromatic heterocycles. The lowest BCUT2D eigenvalue weighted by Gasteiger charge is -2.09. The van der Waals surface area contributed by atoms with Crippen LogP contribution in [0, 0.1) is 6.92 Å². The van der Waals surface area contributed by atoms with Crippen LogP contribution in [-0.2, 0) is 13.0 Å². The first kappa shape index (κ1) is 16.1.